The predicted molar refractivity (Wildman–Crippen MR) is 116 cm³/mol. The van der Waals surface area contributed by atoms with Crippen molar-refractivity contribution in [1.82, 2.24) is 25.0 Å². The summed E-state index contributed by atoms with van der Waals surface area (Å²) in [6.07, 6.45) is 8.25. The maximum Gasteiger partial charge on any atom is 0.263 e. The molecule has 31 heavy (non-hydrogen) atoms. The van der Waals surface area contributed by atoms with Crippen LogP contribution in [-0.2, 0) is 23.3 Å². The highest BCUT2D eigenvalue weighted by Crippen LogP contribution is 2.40. The highest BCUT2D eigenvalue weighted by atomic mass is 16.5. The minimum atomic E-state index is -0.388. The Labute approximate surface area is 182 Å². The number of nitrogens with zero attached hydrogens (tertiary/aromatic N) is 3. The maximum atomic E-state index is 13.4. The molecule has 8 heteroatoms. The van der Waals surface area contributed by atoms with Crippen LogP contribution in [-0.4, -0.2) is 58.4 Å². The second-order valence-electron chi connectivity index (χ2n) is 9.20. The van der Waals surface area contributed by atoms with E-state index in [0.717, 1.165) is 43.6 Å². The predicted octanol–water partition coefficient (Wildman–Crippen LogP) is 1.58. The molecule has 1 unspecified atom stereocenters. The van der Waals surface area contributed by atoms with E-state index < -0.39 is 0 Å². The first kappa shape index (κ1) is 20.5. The largest absolute Gasteiger partial charge is 0.368 e. The molecule has 1 spiro atoms. The van der Waals surface area contributed by atoms with Crippen molar-refractivity contribution < 1.29 is 9.53 Å². The van der Waals surface area contributed by atoms with Crippen molar-refractivity contribution in [3.63, 3.8) is 0 Å². The second-order valence-corrected chi connectivity index (χ2v) is 9.20. The van der Waals surface area contributed by atoms with Gasteiger partial charge < -0.3 is 19.5 Å². The minimum Gasteiger partial charge on any atom is -0.368 e. The number of hydrogen-bond acceptors (Lipinski definition) is 5. The Bertz CT molecular complexity index is 1010. The molecule has 5 heterocycles. The van der Waals surface area contributed by atoms with E-state index in [1.165, 1.54) is 5.56 Å². The summed E-state index contributed by atoms with van der Waals surface area (Å²) >= 11 is 0. The van der Waals surface area contributed by atoms with Crippen LogP contribution in [0.5, 0.6) is 0 Å². The van der Waals surface area contributed by atoms with Crippen molar-refractivity contribution >= 4 is 5.91 Å². The number of pyridine rings is 1. The van der Waals surface area contributed by atoms with Crippen LogP contribution in [0.1, 0.15) is 52.9 Å². The summed E-state index contributed by atoms with van der Waals surface area (Å²) in [6, 6.07) is 1.90. The maximum absolute atomic E-state index is 13.4. The van der Waals surface area contributed by atoms with Crippen molar-refractivity contribution in [2.75, 3.05) is 32.8 Å². The van der Waals surface area contributed by atoms with E-state index in [9.17, 15) is 9.59 Å². The summed E-state index contributed by atoms with van der Waals surface area (Å²) in [5.74, 6) is 0.271. The van der Waals surface area contributed by atoms with Crippen molar-refractivity contribution in [2.45, 2.75) is 51.2 Å². The number of carbonyl (C=O) groups is 1. The zero-order valence-electron chi connectivity index (χ0n) is 18.2. The lowest BCUT2D eigenvalue weighted by Crippen LogP contribution is -2.49. The molecule has 1 atom stereocenters. The Kier molecular flexibility index (Phi) is 5.44. The molecule has 2 N–H and O–H groups in total. The van der Waals surface area contributed by atoms with Gasteiger partial charge in [-0.3, -0.25) is 14.7 Å². The van der Waals surface area contributed by atoms with Crippen LogP contribution in [0.2, 0.25) is 0 Å². The van der Waals surface area contributed by atoms with E-state index in [1.54, 1.807) is 4.57 Å². The molecule has 5 rings (SSSR count). The molecule has 3 aliphatic heterocycles. The average molecular weight is 426 g/mol. The van der Waals surface area contributed by atoms with E-state index in [1.807, 2.05) is 30.3 Å². The molecule has 0 saturated carbocycles. The molecule has 166 valence electrons. The van der Waals surface area contributed by atoms with Gasteiger partial charge >= 0.3 is 0 Å². The van der Waals surface area contributed by atoms with Crippen molar-refractivity contribution in [2.24, 2.45) is 5.92 Å². The summed E-state index contributed by atoms with van der Waals surface area (Å²) in [7, 11) is 0. The Morgan fingerprint density at radius 3 is 2.97 bits per heavy atom. The Morgan fingerprint density at radius 1 is 1.35 bits per heavy atom. The number of aryl methyl sites for hydroxylation is 1. The van der Waals surface area contributed by atoms with E-state index >= 15 is 0 Å². The Balaban J connectivity index is 1.33. The van der Waals surface area contributed by atoms with E-state index in [4.69, 9.17) is 4.74 Å². The van der Waals surface area contributed by atoms with Gasteiger partial charge in [0.1, 0.15) is 11.2 Å². The highest BCUT2D eigenvalue weighted by molar-refractivity contribution is 5.95. The van der Waals surface area contributed by atoms with Gasteiger partial charge in [-0.05, 0) is 75.2 Å². The fraction of sp³-hybridized carbons (Fsp3) is 0.609. The third-order valence-electron chi connectivity index (χ3n) is 7.22. The molecule has 2 aromatic rings. The number of H-pyrrole nitrogens is 1. The molecule has 0 aliphatic carbocycles. The summed E-state index contributed by atoms with van der Waals surface area (Å²) in [6.45, 7) is 6.30. The number of rotatable bonds is 3. The number of hydrogen-bond donors (Lipinski definition) is 2. The lowest BCUT2D eigenvalue weighted by molar-refractivity contribution is -0.0962. The number of carbonyl (C=O) groups excluding carboxylic acids is 1. The van der Waals surface area contributed by atoms with Crippen molar-refractivity contribution in [3.05, 3.63) is 51.2 Å². The van der Waals surface area contributed by atoms with Crippen LogP contribution in [0.15, 0.2) is 23.3 Å². The SMILES string of the molecule is Cc1ccn(CC2CCCNC2)c(=O)c1C(=O)N1CCC2(CC1)OCCc1cn[nH]c12. The minimum absolute atomic E-state index is 0.158. The summed E-state index contributed by atoms with van der Waals surface area (Å²) in [5.41, 5.74) is 2.78. The summed E-state index contributed by atoms with van der Waals surface area (Å²) < 4.78 is 7.92. The molecule has 3 aliphatic rings. The molecule has 0 bridgehead atoms. The smallest absolute Gasteiger partial charge is 0.263 e. The summed E-state index contributed by atoms with van der Waals surface area (Å²) in [5, 5.41) is 10.7. The standard InChI is InChI=1S/C23H31N5O3/c1-16-4-9-28(15-17-3-2-8-24-13-17)22(30)19(16)21(29)27-10-6-23(7-11-27)20-18(5-12-31-23)14-25-26-20/h4,9,14,17,24H,2-3,5-8,10-13,15H2,1H3,(H,25,26). The molecule has 0 aromatic carbocycles. The number of ether oxygens (including phenoxy) is 1. The molecule has 1 amide bonds. The van der Waals surface area contributed by atoms with Crippen LogP contribution >= 0.6 is 0 Å². The fourth-order valence-corrected chi connectivity index (χ4v) is 5.37. The van der Waals surface area contributed by atoms with Gasteiger partial charge in [-0.25, -0.2) is 0 Å². The number of amides is 1. The van der Waals surface area contributed by atoms with Crippen LogP contribution in [0.25, 0.3) is 0 Å². The van der Waals surface area contributed by atoms with Crippen LogP contribution in [0.3, 0.4) is 0 Å². The molecule has 8 nitrogen and oxygen atoms in total. The number of piperidine rings is 2. The van der Waals surface area contributed by atoms with Gasteiger partial charge in [-0.15, -0.1) is 0 Å². The Morgan fingerprint density at radius 2 is 2.19 bits per heavy atom. The van der Waals surface area contributed by atoms with Gasteiger partial charge in [0.25, 0.3) is 11.5 Å². The lowest BCUT2D eigenvalue weighted by atomic mass is 9.83. The number of aromatic nitrogens is 3. The first-order valence-corrected chi connectivity index (χ1v) is 11.4. The van der Waals surface area contributed by atoms with Gasteiger partial charge in [0, 0.05) is 25.8 Å². The Hall–Kier alpha value is -2.45. The molecule has 2 fully saturated rings. The van der Waals surface area contributed by atoms with Gasteiger partial charge in [0.2, 0.25) is 0 Å². The molecular weight excluding hydrogens is 394 g/mol. The number of nitrogens with one attached hydrogen (secondary N) is 2. The molecule has 0 radical (unpaired) electrons. The second kappa shape index (κ2) is 8.24. The van der Waals surface area contributed by atoms with Gasteiger partial charge in [-0.2, -0.15) is 5.10 Å². The third kappa shape index (κ3) is 3.72. The van der Waals surface area contributed by atoms with Gasteiger partial charge in [-0.1, -0.05) is 0 Å². The van der Waals surface area contributed by atoms with Crippen molar-refractivity contribution in [1.29, 1.82) is 0 Å². The van der Waals surface area contributed by atoms with E-state index in [0.29, 0.717) is 50.6 Å². The first-order valence-electron chi connectivity index (χ1n) is 11.4. The first-order chi connectivity index (χ1) is 15.1. The normalized spacial score (nSPS) is 23.0. The zero-order chi connectivity index (χ0) is 21.4. The van der Waals surface area contributed by atoms with Crippen LogP contribution in [0, 0.1) is 12.8 Å². The lowest BCUT2D eigenvalue weighted by Gasteiger charge is -2.43. The van der Waals surface area contributed by atoms with E-state index in [-0.39, 0.29) is 17.1 Å². The van der Waals surface area contributed by atoms with Crippen LogP contribution in [0.4, 0.5) is 0 Å². The summed E-state index contributed by atoms with van der Waals surface area (Å²) in [4.78, 5) is 28.4. The number of likely N-dealkylation sites (tertiary alicyclic amines) is 1. The number of aromatic amines is 1. The monoisotopic (exact) mass is 425 g/mol. The van der Waals surface area contributed by atoms with Gasteiger partial charge in [0.05, 0.1) is 18.5 Å². The molecule has 2 aromatic heterocycles. The molecule has 2 saturated heterocycles. The van der Waals surface area contributed by atoms with E-state index in [2.05, 4.69) is 15.5 Å². The number of fused-ring (bicyclic) bond motifs is 2. The van der Waals surface area contributed by atoms with Crippen LogP contribution < -0.4 is 10.9 Å². The van der Waals surface area contributed by atoms with Gasteiger partial charge in [0.15, 0.2) is 0 Å². The average Bonchev–Trinajstić information content (AvgIpc) is 3.28. The fourth-order valence-electron chi connectivity index (χ4n) is 5.37. The quantitative estimate of drug-likeness (QED) is 0.779. The third-order valence-corrected chi connectivity index (χ3v) is 7.22. The van der Waals surface area contributed by atoms with Crippen molar-refractivity contribution in [3.8, 4) is 0 Å². The highest BCUT2D eigenvalue weighted by Gasteiger charge is 2.43. The topological polar surface area (TPSA) is 92.2 Å². The molecular formula is C23H31N5O3. The zero-order valence-corrected chi connectivity index (χ0v) is 18.2.